The fourth-order valence-electron chi connectivity index (χ4n) is 3.69. The van der Waals surface area contributed by atoms with Crippen molar-refractivity contribution >= 4 is 33.3 Å². The molecular formula is C25H26N4O2. The first-order valence-electron chi connectivity index (χ1n) is 10.6. The molecule has 6 nitrogen and oxygen atoms in total. The van der Waals surface area contributed by atoms with Crippen molar-refractivity contribution in [3.05, 3.63) is 82.9 Å². The number of H-pyrrole nitrogens is 1. The van der Waals surface area contributed by atoms with Gasteiger partial charge in [-0.2, -0.15) is 0 Å². The van der Waals surface area contributed by atoms with E-state index in [1.165, 1.54) is 0 Å². The van der Waals surface area contributed by atoms with Crippen LogP contribution in [0.3, 0.4) is 0 Å². The zero-order valence-corrected chi connectivity index (χ0v) is 17.6. The summed E-state index contributed by atoms with van der Waals surface area (Å²) >= 11 is 0. The largest absolute Gasteiger partial charge is 0.325 e. The Morgan fingerprint density at radius 2 is 1.81 bits per heavy atom. The molecule has 3 aromatic carbocycles. The van der Waals surface area contributed by atoms with Crippen LogP contribution >= 0.6 is 0 Å². The maximum atomic E-state index is 12.7. The van der Waals surface area contributed by atoms with Gasteiger partial charge in [0.15, 0.2) is 0 Å². The smallest absolute Gasteiger partial charge is 0.258 e. The lowest BCUT2D eigenvalue weighted by atomic mass is 10.1. The second kappa shape index (κ2) is 9.53. The third kappa shape index (κ3) is 5.16. The average Bonchev–Trinajstić information content (AvgIpc) is 2.77. The van der Waals surface area contributed by atoms with Gasteiger partial charge in [0.1, 0.15) is 5.82 Å². The van der Waals surface area contributed by atoms with Crippen molar-refractivity contribution in [2.75, 3.05) is 18.4 Å². The zero-order valence-electron chi connectivity index (χ0n) is 17.6. The molecule has 0 aliphatic heterocycles. The number of carbonyl (C=O) groups excluding carboxylic acids is 1. The molecule has 0 bridgehead atoms. The summed E-state index contributed by atoms with van der Waals surface area (Å²) in [5.41, 5.74) is 1.28. The van der Waals surface area contributed by atoms with Gasteiger partial charge in [-0.1, -0.05) is 55.8 Å². The molecular weight excluding hydrogens is 388 g/mol. The van der Waals surface area contributed by atoms with Gasteiger partial charge in [-0.05, 0) is 48.0 Å². The molecule has 0 saturated carbocycles. The summed E-state index contributed by atoms with van der Waals surface area (Å²) in [6.07, 6.45) is 1.98. The van der Waals surface area contributed by atoms with Gasteiger partial charge in [-0.15, -0.1) is 0 Å². The number of nitrogens with zero attached hydrogens (tertiary/aromatic N) is 2. The van der Waals surface area contributed by atoms with Crippen LogP contribution < -0.4 is 10.9 Å². The van der Waals surface area contributed by atoms with Gasteiger partial charge >= 0.3 is 0 Å². The number of hydrogen-bond donors (Lipinski definition) is 2. The highest BCUT2D eigenvalue weighted by atomic mass is 16.2. The number of benzene rings is 3. The van der Waals surface area contributed by atoms with Crippen LogP contribution in [0.25, 0.3) is 21.7 Å². The first kappa shape index (κ1) is 20.8. The van der Waals surface area contributed by atoms with Crippen molar-refractivity contribution in [1.82, 2.24) is 14.9 Å². The van der Waals surface area contributed by atoms with Crippen LogP contribution in [0.2, 0.25) is 0 Å². The summed E-state index contributed by atoms with van der Waals surface area (Å²) in [6.45, 7) is 3.50. The van der Waals surface area contributed by atoms with E-state index in [0.717, 1.165) is 35.8 Å². The van der Waals surface area contributed by atoms with Crippen LogP contribution in [0.1, 0.15) is 25.6 Å². The number of nitrogens with one attached hydrogen (secondary N) is 2. The highest BCUT2D eigenvalue weighted by Gasteiger charge is 2.14. The first-order valence-corrected chi connectivity index (χ1v) is 10.6. The number of carbonyl (C=O) groups is 1. The molecule has 4 rings (SSSR count). The van der Waals surface area contributed by atoms with Gasteiger partial charge in [0.2, 0.25) is 5.91 Å². The van der Waals surface area contributed by atoms with Crippen LogP contribution in [-0.4, -0.2) is 33.9 Å². The Balaban J connectivity index is 1.48. The van der Waals surface area contributed by atoms with E-state index >= 15 is 0 Å². The fraction of sp³-hybridized carbons (Fsp3) is 0.240. The first-order chi connectivity index (χ1) is 15.1. The molecule has 6 heteroatoms. The number of amides is 1. The quantitative estimate of drug-likeness (QED) is 0.450. The lowest BCUT2D eigenvalue weighted by Gasteiger charge is -2.21. The molecule has 2 N–H and O–H groups in total. The Hall–Kier alpha value is -3.51. The molecule has 1 heterocycles. The Kier molecular flexibility index (Phi) is 6.38. The van der Waals surface area contributed by atoms with Gasteiger partial charge in [-0.25, -0.2) is 4.98 Å². The summed E-state index contributed by atoms with van der Waals surface area (Å²) in [5.74, 6) is 0.479. The van der Waals surface area contributed by atoms with E-state index in [-0.39, 0.29) is 18.0 Å². The van der Waals surface area contributed by atoms with Crippen molar-refractivity contribution < 1.29 is 4.79 Å². The third-order valence-electron chi connectivity index (χ3n) is 5.26. The number of rotatable bonds is 8. The average molecular weight is 415 g/mol. The van der Waals surface area contributed by atoms with Crippen molar-refractivity contribution in [2.24, 2.45) is 0 Å². The number of aromatic amines is 1. The van der Waals surface area contributed by atoms with Gasteiger partial charge in [0.25, 0.3) is 5.56 Å². The SMILES string of the molecule is CCCCN(CC(=O)Nc1ccc2ccccc2c1)Cc1nc2ccccc2c(=O)[nH]1. The molecule has 0 radical (unpaired) electrons. The highest BCUT2D eigenvalue weighted by molar-refractivity contribution is 5.95. The minimum atomic E-state index is -0.156. The molecule has 0 spiro atoms. The minimum absolute atomic E-state index is 0.0884. The second-order valence-corrected chi connectivity index (χ2v) is 7.70. The van der Waals surface area contributed by atoms with E-state index in [1.54, 1.807) is 6.07 Å². The molecule has 0 unspecified atom stereocenters. The standard InChI is InChI=1S/C25H26N4O2/c1-2-3-14-29(16-23-27-22-11-7-6-10-21(22)25(31)28-23)17-24(30)26-20-13-12-18-8-4-5-9-19(18)15-20/h4-13,15H,2-3,14,16-17H2,1H3,(H,26,30)(H,27,28,31). The lowest BCUT2D eigenvalue weighted by Crippen LogP contribution is -2.34. The summed E-state index contributed by atoms with van der Waals surface area (Å²) in [6, 6.07) is 21.2. The normalized spacial score (nSPS) is 11.3. The zero-order chi connectivity index (χ0) is 21.6. The molecule has 1 aromatic heterocycles. The maximum absolute atomic E-state index is 12.7. The number of aromatic nitrogens is 2. The molecule has 158 valence electrons. The van der Waals surface area contributed by atoms with Crippen LogP contribution in [0.15, 0.2) is 71.5 Å². The molecule has 0 aliphatic carbocycles. The summed E-state index contributed by atoms with van der Waals surface area (Å²) in [5, 5.41) is 5.78. The second-order valence-electron chi connectivity index (χ2n) is 7.70. The minimum Gasteiger partial charge on any atom is -0.325 e. The monoisotopic (exact) mass is 414 g/mol. The Morgan fingerprint density at radius 1 is 1.03 bits per heavy atom. The molecule has 31 heavy (non-hydrogen) atoms. The third-order valence-corrected chi connectivity index (χ3v) is 5.26. The predicted octanol–water partition coefficient (Wildman–Crippen LogP) is 4.32. The Bertz CT molecular complexity index is 1270. The van der Waals surface area contributed by atoms with Crippen LogP contribution in [-0.2, 0) is 11.3 Å². The Labute approximate surface area is 180 Å². The molecule has 1 amide bonds. The van der Waals surface area contributed by atoms with Gasteiger partial charge < -0.3 is 10.3 Å². The van der Waals surface area contributed by atoms with Crippen molar-refractivity contribution in [3.63, 3.8) is 0 Å². The highest BCUT2D eigenvalue weighted by Crippen LogP contribution is 2.19. The molecule has 4 aromatic rings. The van der Waals surface area contributed by atoms with Crippen molar-refractivity contribution in [1.29, 1.82) is 0 Å². The number of para-hydroxylation sites is 1. The van der Waals surface area contributed by atoms with Crippen LogP contribution in [0.5, 0.6) is 0 Å². The van der Waals surface area contributed by atoms with E-state index in [9.17, 15) is 9.59 Å². The van der Waals surface area contributed by atoms with E-state index in [0.29, 0.717) is 23.3 Å². The molecule has 0 fully saturated rings. The number of anilines is 1. The summed E-state index contributed by atoms with van der Waals surface area (Å²) in [7, 11) is 0. The van der Waals surface area contributed by atoms with E-state index in [1.807, 2.05) is 65.6 Å². The van der Waals surface area contributed by atoms with Gasteiger partial charge in [0, 0.05) is 5.69 Å². The molecule has 0 atom stereocenters. The van der Waals surface area contributed by atoms with E-state index < -0.39 is 0 Å². The van der Waals surface area contributed by atoms with Gasteiger partial charge in [0.05, 0.1) is 24.0 Å². The maximum Gasteiger partial charge on any atom is 0.258 e. The Morgan fingerprint density at radius 3 is 2.65 bits per heavy atom. The lowest BCUT2D eigenvalue weighted by molar-refractivity contribution is -0.117. The number of fused-ring (bicyclic) bond motifs is 2. The van der Waals surface area contributed by atoms with Gasteiger partial charge in [-0.3, -0.25) is 14.5 Å². The molecule has 0 saturated heterocycles. The topological polar surface area (TPSA) is 78.1 Å². The van der Waals surface area contributed by atoms with Crippen LogP contribution in [0, 0.1) is 0 Å². The predicted molar refractivity (Wildman–Crippen MR) is 125 cm³/mol. The van der Waals surface area contributed by atoms with Crippen LogP contribution in [0.4, 0.5) is 5.69 Å². The number of unbranched alkanes of at least 4 members (excludes halogenated alkanes) is 1. The van der Waals surface area contributed by atoms with Crippen molar-refractivity contribution in [2.45, 2.75) is 26.3 Å². The van der Waals surface area contributed by atoms with E-state index in [4.69, 9.17) is 0 Å². The molecule has 0 aliphatic rings. The number of hydrogen-bond acceptors (Lipinski definition) is 4. The summed E-state index contributed by atoms with van der Waals surface area (Å²) in [4.78, 5) is 34.6. The van der Waals surface area contributed by atoms with E-state index in [2.05, 4.69) is 22.2 Å². The fourth-order valence-corrected chi connectivity index (χ4v) is 3.69. The van der Waals surface area contributed by atoms with Crippen molar-refractivity contribution in [3.8, 4) is 0 Å². The summed E-state index contributed by atoms with van der Waals surface area (Å²) < 4.78 is 0.